The van der Waals surface area contributed by atoms with E-state index in [4.69, 9.17) is 0 Å². The smallest absolute Gasteiger partial charge is 0.0614 e. The zero-order chi connectivity index (χ0) is 13.5. The highest BCUT2D eigenvalue weighted by atomic mass is 16.3. The Kier molecular flexibility index (Phi) is 6.14. The predicted molar refractivity (Wildman–Crippen MR) is 78.7 cm³/mol. The Balaban J connectivity index is 2.81. The van der Waals surface area contributed by atoms with Crippen molar-refractivity contribution in [3.63, 3.8) is 0 Å². The quantitative estimate of drug-likeness (QED) is 0.701. The molecule has 1 nitrogen and oxygen atoms in total. The molecule has 0 saturated carbocycles. The molecule has 0 spiro atoms. The van der Waals surface area contributed by atoms with Crippen LogP contribution in [0.25, 0.3) is 0 Å². The van der Waals surface area contributed by atoms with Gasteiger partial charge in [0.25, 0.3) is 0 Å². The van der Waals surface area contributed by atoms with Crippen LogP contribution >= 0.6 is 0 Å². The Labute approximate surface area is 112 Å². The number of allylic oxidation sites excluding steroid dienone is 1. The summed E-state index contributed by atoms with van der Waals surface area (Å²) in [6.45, 7) is 10.3. The van der Waals surface area contributed by atoms with Gasteiger partial charge >= 0.3 is 0 Å². The summed E-state index contributed by atoms with van der Waals surface area (Å²) >= 11 is 0. The SMILES string of the molecule is C=C(C)CCC(O)C(c1ccccc1)C(C)CC. The molecule has 1 aromatic carbocycles. The van der Waals surface area contributed by atoms with E-state index in [1.807, 2.05) is 13.0 Å². The van der Waals surface area contributed by atoms with Crippen molar-refractivity contribution < 1.29 is 5.11 Å². The van der Waals surface area contributed by atoms with E-state index in [1.54, 1.807) is 0 Å². The van der Waals surface area contributed by atoms with Crippen molar-refractivity contribution in [1.29, 1.82) is 0 Å². The van der Waals surface area contributed by atoms with E-state index in [-0.39, 0.29) is 12.0 Å². The molecule has 0 saturated heterocycles. The Morgan fingerprint density at radius 1 is 1.28 bits per heavy atom. The number of rotatable bonds is 7. The second-order valence-corrected chi connectivity index (χ2v) is 5.39. The fourth-order valence-corrected chi connectivity index (χ4v) is 2.43. The third-order valence-electron chi connectivity index (χ3n) is 3.72. The molecule has 0 heterocycles. The molecule has 0 fully saturated rings. The minimum atomic E-state index is -0.279. The van der Waals surface area contributed by atoms with Crippen LogP contribution < -0.4 is 0 Å². The van der Waals surface area contributed by atoms with Crippen molar-refractivity contribution in [2.75, 3.05) is 0 Å². The van der Waals surface area contributed by atoms with Crippen LogP contribution in [0.1, 0.15) is 51.5 Å². The minimum absolute atomic E-state index is 0.232. The molecule has 3 unspecified atom stereocenters. The van der Waals surface area contributed by atoms with Crippen molar-refractivity contribution in [3.05, 3.63) is 48.0 Å². The normalized spacial score (nSPS) is 16.0. The number of benzene rings is 1. The summed E-state index contributed by atoms with van der Waals surface area (Å²) in [6.07, 6.45) is 2.52. The Hall–Kier alpha value is -1.08. The maximum Gasteiger partial charge on any atom is 0.0614 e. The summed E-state index contributed by atoms with van der Waals surface area (Å²) in [5, 5.41) is 10.5. The molecular weight excluding hydrogens is 220 g/mol. The molecule has 0 radical (unpaired) electrons. The van der Waals surface area contributed by atoms with Gasteiger partial charge in [0.05, 0.1) is 6.10 Å². The van der Waals surface area contributed by atoms with Gasteiger partial charge in [-0.25, -0.2) is 0 Å². The van der Waals surface area contributed by atoms with Crippen LogP contribution in [0.4, 0.5) is 0 Å². The second kappa shape index (κ2) is 7.38. The van der Waals surface area contributed by atoms with Crippen LogP contribution in [0, 0.1) is 5.92 Å². The zero-order valence-electron chi connectivity index (χ0n) is 11.9. The lowest BCUT2D eigenvalue weighted by Gasteiger charge is -2.28. The monoisotopic (exact) mass is 246 g/mol. The van der Waals surface area contributed by atoms with Crippen LogP contribution in [0.15, 0.2) is 42.5 Å². The number of aliphatic hydroxyl groups excluding tert-OH is 1. The van der Waals surface area contributed by atoms with Gasteiger partial charge in [0, 0.05) is 5.92 Å². The second-order valence-electron chi connectivity index (χ2n) is 5.39. The molecule has 1 rings (SSSR count). The van der Waals surface area contributed by atoms with Crippen LogP contribution in [-0.4, -0.2) is 11.2 Å². The van der Waals surface area contributed by atoms with Gasteiger partial charge < -0.3 is 5.11 Å². The van der Waals surface area contributed by atoms with Crippen molar-refractivity contribution in [3.8, 4) is 0 Å². The fraction of sp³-hybridized carbons (Fsp3) is 0.529. The highest BCUT2D eigenvalue weighted by molar-refractivity contribution is 5.21. The highest BCUT2D eigenvalue weighted by Gasteiger charge is 2.25. The van der Waals surface area contributed by atoms with Gasteiger partial charge in [-0.15, -0.1) is 6.58 Å². The van der Waals surface area contributed by atoms with E-state index in [1.165, 1.54) is 5.56 Å². The van der Waals surface area contributed by atoms with E-state index < -0.39 is 0 Å². The molecule has 1 N–H and O–H groups in total. The standard InChI is InChI=1S/C17H26O/c1-5-14(4)17(15-9-7-6-8-10-15)16(18)12-11-13(2)3/h6-10,14,16-18H,2,5,11-12H2,1,3-4H3. The van der Waals surface area contributed by atoms with Gasteiger partial charge in [-0.3, -0.25) is 0 Å². The van der Waals surface area contributed by atoms with Gasteiger partial charge in [-0.2, -0.15) is 0 Å². The summed E-state index contributed by atoms with van der Waals surface area (Å²) in [4.78, 5) is 0. The van der Waals surface area contributed by atoms with Crippen molar-refractivity contribution in [2.45, 2.75) is 52.1 Å². The predicted octanol–water partition coefficient (Wildman–Crippen LogP) is 4.53. The van der Waals surface area contributed by atoms with E-state index in [0.717, 1.165) is 24.8 Å². The lowest BCUT2D eigenvalue weighted by molar-refractivity contribution is 0.109. The average Bonchev–Trinajstić information content (AvgIpc) is 2.37. The Bertz CT molecular complexity index is 355. The highest BCUT2D eigenvalue weighted by Crippen LogP contribution is 2.32. The molecule has 18 heavy (non-hydrogen) atoms. The summed E-state index contributed by atoms with van der Waals surface area (Å²) in [7, 11) is 0. The summed E-state index contributed by atoms with van der Waals surface area (Å²) < 4.78 is 0. The molecule has 0 aliphatic heterocycles. The lowest BCUT2D eigenvalue weighted by atomic mass is 9.80. The molecule has 0 aliphatic carbocycles. The van der Waals surface area contributed by atoms with E-state index in [2.05, 4.69) is 44.7 Å². The van der Waals surface area contributed by atoms with Crippen LogP contribution in [0.2, 0.25) is 0 Å². The maximum atomic E-state index is 10.5. The molecule has 1 heteroatoms. The molecule has 0 bridgehead atoms. The number of hydrogen-bond donors (Lipinski definition) is 1. The Morgan fingerprint density at radius 2 is 1.89 bits per heavy atom. The largest absolute Gasteiger partial charge is 0.392 e. The van der Waals surface area contributed by atoms with Gasteiger partial charge in [0.1, 0.15) is 0 Å². The van der Waals surface area contributed by atoms with E-state index >= 15 is 0 Å². The fourth-order valence-electron chi connectivity index (χ4n) is 2.43. The van der Waals surface area contributed by atoms with Gasteiger partial charge in [0.15, 0.2) is 0 Å². The van der Waals surface area contributed by atoms with E-state index in [0.29, 0.717) is 5.92 Å². The van der Waals surface area contributed by atoms with Gasteiger partial charge in [0.2, 0.25) is 0 Å². The summed E-state index contributed by atoms with van der Waals surface area (Å²) in [5.41, 5.74) is 2.39. The van der Waals surface area contributed by atoms with E-state index in [9.17, 15) is 5.11 Å². The minimum Gasteiger partial charge on any atom is -0.392 e. The van der Waals surface area contributed by atoms with Crippen molar-refractivity contribution >= 4 is 0 Å². The molecule has 0 amide bonds. The van der Waals surface area contributed by atoms with Gasteiger partial charge in [-0.1, -0.05) is 56.2 Å². The average molecular weight is 246 g/mol. The van der Waals surface area contributed by atoms with Gasteiger partial charge in [-0.05, 0) is 31.2 Å². The number of aliphatic hydroxyl groups is 1. The molecule has 0 aliphatic rings. The number of hydrogen-bond acceptors (Lipinski definition) is 1. The molecule has 0 aromatic heterocycles. The zero-order valence-corrected chi connectivity index (χ0v) is 11.9. The van der Waals surface area contributed by atoms with Crippen LogP contribution in [-0.2, 0) is 0 Å². The third kappa shape index (κ3) is 4.30. The van der Waals surface area contributed by atoms with Crippen LogP contribution in [0.3, 0.4) is 0 Å². The van der Waals surface area contributed by atoms with Crippen molar-refractivity contribution in [2.24, 2.45) is 5.92 Å². The lowest BCUT2D eigenvalue weighted by Crippen LogP contribution is -2.24. The molecule has 100 valence electrons. The maximum absolute atomic E-state index is 10.5. The first-order chi connectivity index (χ1) is 8.56. The third-order valence-corrected chi connectivity index (χ3v) is 3.72. The topological polar surface area (TPSA) is 20.2 Å². The summed E-state index contributed by atoms with van der Waals surface area (Å²) in [5.74, 6) is 0.725. The molecule has 3 atom stereocenters. The molecule has 1 aromatic rings. The first-order valence-electron chi connectivity index (χ1n) is 6.93. The molecular formula is C17H26O. The van der Waals surface area contributed by atoms with Crippen LogP contribution in [0.5, 0.6) is 0 Å². The first-order valence-corrected chi connectivity index (χ1v) is 6.93. The van der Waals surface area contributed by atoms with Crippen molar-refractivity contribution in [1.82, 2.24) is 0 Å². The first kappa shape index (κ1) is 15.0. The Morgan fingerprint density at radius 3 is 2.39 bits per heavy atom. The summed E-state index contributed by atoms with van der Waals surface area (Å²) in [6, 6.07) is 10.4.